The van der Waals surface area contributed by atoms with Gasteiger partial charge >= 0.3 is 0 Å². The Kier molecular flexibility index (Phi) is 5.99. The second-order valence-corrected chi connectivity index (χ2v) is 7.71. The number of halogens is 3. The van der Waals surface area contributed by atoms with E-state index in [-0.39, 0.29) is 27.9 Å². The van der Waals surface area contributed by atoms with Crippen LogP contribution < -0.4 is 5.32 Å². The summed E-state index contributed by atoms with van der Waals surface area (Å²) < 4.78 is 27.8. The topological polar surface area (TPSA) is 78.1 Å². The number of para-hydroxylation sites is 1. The van der Waals surface area contributed by atoms with E-state index in [9.17, 15) is 18.4 Å². The molecule has 0 saturated carbocycles. The number of nitrogens with zero attached hydrogens (tertiary/aromatic N) is 2. The van der Waals surface area contributed by atoms with E-state index in [0.717, 1.165) is 5.69 Å². The highest BCUT2D eigenvalue weighted by Gasteiger charge is 2.28. The summed E-state index contributed by atoms with van der Waals surface area (Å²) in [5, 5.41) is 9.48. The monoisotopic (exact) mass is 444 g/mol. The molecule has 0 unspecified atom stereocenters. The molecule has 2 amide bonds. The van der Waals surface area contributed by atoms with Crippen molar-refractivity contribution in [2.75, 3.05) is 18.4 Å². The molecule has 160 valence electrons. The highest BCUT2D eigenvalue weighted by atomic mass is 35.5. The van der Waals surface area contributed by atoms with Gasteiger partial charge in [0.05, 0.1) is 16.3 Å². The Morgan fingerprint density at radius 3 is 2.48 bits per heavy atom. The number of rotatable bonds is 4. The summed E-state index contributed by atoms with van der Waals surface area (Å²) in [5.74, 6) is -2.06. The van der Waals surface area contributed by atoms with Crippen molar-refractivity contribution < 1.29 is 18.4 Å². The number of anilines is 1. The number of likely N-dealkylation sites (tertiary alicyclic amines) is 1. The Morgan fingerprint density at radius 2 is 1.77 bits per heavy atom. The molecule has 0 radical (unpaired) electrons. The van der Waals surface area contributed by atoms with Gasteiger partial charge in [-0.3, -0.25) is 14.7 Å². The standard InChI is InChI=1S/C22H19ClF2N4O2/c23-14-4-3-6-16(25)20(14)22(31)29-10-8-13(9-11-29)18-12-19(28-27-18)21(30)26-17-7-2-1-5-15(17)24/h1-7,12-13H,8-11H2,(H,26,30)(H,27,28). The summed E-state index contributed by atoms with van der Waals surface area (Å²) in [4.78, 5) is 26.6. The minimum Gasteiger partial charge on any atom is -0.338 e. The third-order valence-corrected chi connectivity index (χ3v) is 5.67. The van der Waals surface area contributed by atoms with Crippen molar-refractivity contribution in [3.05, 3.63) is 82.1 Å². The predicted octanol–water partition coefficient (Wildman–Crippen LogP) is 4.61. The number of hydrogen-bond donors (Lipinski definition) is 2. The van der Waals surface area contributed by atoms with E-state index < -0.39 is 23.4 Å². The van der Waals surface area contributed by atoms with Gasteiger partial charge in [-0.1, -0.05) is 29.8 Å². The van der Waals surface area contributed by atoms with E-state index >= 15 is 0 Å². The van der Waals surface area contributed by atoms with Gasteiger partial charge in [0, 0.05) is 24.7 Å². The van der Waals surface area contributed by atoms with Crippen LogP contribution in [0.2, 0.25) is 5.02 Å². The smallest absolute Gasteiger partial charge is 0.276 e. The first-order valence-electron chi connectivity index (χ1n) is 9.78. The van der Waals surface area contributed by atoms with E-state index in [2.05, 4.69) is 15.5 Å². The van der Waals surface area contributed by atoms with Crippen LogP contribution in [0, 0.1) is 11.6 Å². The van der Waals surface area contributed by atoms with E-state index in [1.807, 2.05) is 0 Å². The Balaban J connectivity index is 1.39. The molecule has 2 aromatic carbocycles. The largest absolute Gasteiger partial charge is 0.338 e. The Morgan fingerprint density at radius 1 is 1.06 bits per heavy atom. The normalized spacial score (nSPS) is 14.5. The quantitative estimate of drug-likeness (QED) is 0.616. The molecule has 1 aliphatic rings. The van der Waals surface area contributed by atoms with Crippen molar-refractivity contribution in [3.63, 3.8) is 0 Å². The molecule has 0 bridgehead atoms. The number of benzene rings is 2. The molecule has 31 heavy (non-hydrogen) atoms. The molecule has 2 N–H and O–H groups in total. The molecule has 9 heteroatoms. The third-order valence-electron chi connectivity index (χ3n) is 5.35. The fraction of sp³-hybridized carbons (Fsp3) is 0.227. The van der Waals surface area contributed by atoms with Crippen LogP contribution in [0.5, 0.6) is 0 Å². The number of nitrogens with one attached hydrogen (secondary N) is 2. The van der Waals surface area contributed by atoms with Crippen LogP contribution in [0.15, 0.2) is 48.5 Å². The molecule has 1 fully saturated rings. The Hall–Kier alpha value is -3.26. The third kappa shape index (κ3) is 4.44. The van der Waals surface area contributed by atoms with Crippen LogP contribution in [0.4, 0.5) is 14.5 Å². The average molecular weight is 445 g/mol. The van der Waals surface area contributed by atoms with Gasteiger partial charge in [-0.15, -0.1) is 0 Å². The van der Waals surface area contributed by atoms with Crippen molar-refractivity contribution in [2.24, 2.45) is 0 Å². The molecule has 3 aromatic rings. The summed E-state index contributed by atoms with van der Waals surface area (Å²) in [7, 11) is 0. The Labute approximate surface area is 182 Å². The summed E-state index contributed by atoms with van der Waals surface area (Å²) in [6.45, 7) is 0.841. The lowest BCUT2D eigenvalue weighted by Gasteiger charge is -2.31. The molecule has 4 rings (SSSR count). The van der Waals surface area contributed by atoms with Crippen molar-refractivity contribution in [3.8, 4) is 0 Å². The summed E-state index contributed by atoms with van der Waals surface area (Å²) in [6, 6.07) is 11.7. The minimum atomic E-state index is -0.640. The van der Waals surface area contributed by atoms with Crippen molar-refractivity contribution in [1.29, 1.82) is 0 Å². The maximum absolute atomic E-state index is 14.1. The van der Waals surface area contributed by atoms with Gasteiger partial charge in [-0.2, -0.15) is 5.10 Å². The number of hydrogen-bond acceptors (Lipinski definition) is 3. The van der Waals surface area contributed by atoms with Gasteiger partial charge in [0.25, 0.3) is 11.8 Å². The highest BCUT2D eigenvalue weighted by molar-refractivity contribution is 6.33. The number of piperidine rings is 1. The van der Waals surface area contributed by atoms with Gasteiger partial charge in [0.2, 0.25) is 0 Å². The number of carbonyl (C=O) groups is 2. The highest BCUT2D eigenvalue weighted by Crippen LogP contribution is 2.29. The molecule has 2 heterocycles. The Bertz CT molecular complexity index is 1110. The van der Waals surface area contributed by atoms with Gasteiger partial charge in [-0.05, 0) is 43.2 Å². The first-order chi connectivity index (χ1) is 14.9. The first-order valence-corrected chi connectivity index (χ1v) is 10.2. The van der Waals surface area contributed by atoms with Crippen molar-refractivity contribution in [1.82, 2.24) is 15.1 Å². The first kappa shape index (κ1) is 21.0. The lowest BCUT2D eigenvalue weighted by molar-refractivity contribution is 0.0707. The van der Waals surface area contributed by atoms with Crippen LogP contribution in [-0.2, 0) is 0 Å². The number of H-pyrrole nitrogens is 1. The van der Waals surface area contributed by atoms with E-state index in [4.69, 9.17) is 11.6 Å². The zero-order valence-electron chi connectivity index (χ0n) is 16.4. The molecule has 1 saturated heterocycles. The van der Waals surface area contributed by atoms with Crippen LogP contribution in [0.25, 0.3) is 0 Å². The summed E-state index contributed by atoms with van der Waals surface area (Å²) in [6.07, 6.45) is 1.24. The number of aromatic amines is 1. The van der Waals surface area contributed by atoms with E-state index in [1.165, 1.54) is 36.4 Å². The van der Waals surface area contributed by atoms with Gasteiger partial charge in [-0.25, -0.2) is 8.78 Å². The zero-order valence-corrected chi connectivity index (χ0v) is 17.1. The predicted molar refractivity (Wildman–Crippen MR) is 112 cm³/mol. The molecule has 6 nitrogen and oxygen atoms in total. The number of aromatic nitrogens is 2. The average Bonchev–Trinajstić information content (AvgIpc) is 3.26. The maximum atomic E-state index is 14.1. The molecule has 1 aliphatic heterocycles. The number of amides is 2. The maximum Gasteiger partial charge on any atom is 0.276 e. The zero-order chi connectivity index (χ0) is 22.0. The molecule has 0 aliphatic carbocycles. The van der Waals surface area contributed by atoms with Gasteiger partial charge in [0.1, 0.15) is 11.6 Å². The van der Waals surface area contributed by atoms with Gasteiger partial charge in [0.15, 0.2) is 5.69 Å². The fourth-order valence-electron chi connectivity index (χ4n) is 3.66. The molecular formula is C22H19ClF2N4O2. The van der Waals surface area contributed by atoms with Crippen molar-refractivity contribution >= 4 is 29.1 Å². The second-order valence-electron chi connectivity index (χ2n) is 7.31. The summed E-state index contributed by atoms with van der Waals surface area (Å²) >= 11 is 6.01. The summed E-state index contributed by atoms with van der Waals surface area (Å²) in [5.41, 5.74) is 0.872. The van der Waals surface area contributed by atoms with Crippen LogP contribution in [0.3, 0.4) is 0 Å². The van der Waals surface area contributed by atoms with E-state index in [0.29, 0.717) is 25.9 Å². The SMILES string of the molecule is O=C(Nc1ccccc1F)c1cc(C2CCN(C(=O)c3c(F)cccc3Cl)CC2)[nH]n1. The lowest BCUT2D eigenvalue weighted by atomic mass is 9.93. The van der Waals surface area contributed by atoms with Gasteiger partial charge < -0.3 is 10.2 Å². The van der Waals surface area contributed by atoms with Crippen LogP contribution in [0.1, 0.15) is 45.3 Å². The van der Waals surface area contributed by atoms with Crippen LogP contribution >= 0.6 is 11.6 Å². The molecular weight excluding hydrogens is 426 g/mol. The second kappa shape index (κ2) is 8.85. The number of carbonyl (C=O) groups excluding carboxylic acids is 2. The lowest BCUT2D eigenvalue weighted by Crippen LogP contribution is -2.38. The van der Waals surface area contributed by atoms with Crippen LogP contribution in [-0.4, -0.2) is 40.0 Å². The van der Waals surface area contributed by atoms with Crippen molar-refractivity contribution in [2.45, 2.75) is 18.8 Å². The molecule has 0 atom stereocenters. The fourth-order valence-corrected chi connectivity index (χ4v) is 3.91. The molecule has 0 spiro atoms. The van der Waals surface area contributed by atoms with E-state index in [1.54, 1.807) is 17.0 Å². The molecule has 1 aromatic heterocycles. The minimum absolute atomic E-state index is 0.0580.